The number of benzene rings is 1. The summed E-state index contributed by atoms with van der Waals surface area (Å²) in [5.41, 5.74) is 0.872. The zero-order chi connectivity index (χ0) is 7.23. The van der Waals surface area contributed by atoms with Crippen molar-refractivity contribution in [2.75, 3.05) is 12.6 Å². The van der Waals surface area contributed by atoms with Crippen LogP contribution in [0, 0.1) is 0 Å². The minimum absolute atomic E-state index is 0.496. The predicted molar refractivity (Wildman–Crippen MR) is 43.7 cm³/mol. The second-order valence-electron chi connectivity index (χ2n) is 1.86. The molecular weight excluding hydrogens is 191 g/mol. The summed E-state index contributed by atoms with van der Waals surface area (Å²) in [7, 11) is 1.74. The van der Waals surface area contributed by atoms with Gasteiger partial charge in [-0.1, -0.05) is 0 Å². The summed E-state index contributed by atoms with van der Waals surface area (Å²) in [6.07, 6.45) is 0. The average Bonchev–Trinajstić information content (AvgIpc) is 2.03. The van der Waals surface area contributed by atoms with Crippen LogP contribution in [0.1, 0.15) is 0 Å². The van der Waals surface area contributed by atoms with Crippen LogP contribution in [0.2, 0.25) is 0 Å². The first kappa shape index (κ1) is 7.80. The molecule has 0 radical (unpaired) electrons. The van der Waals surface area contributed by atoms with Crippen LogP contribution in [0.25, 0.3) is 0 Å². The van der Waals surface area contributed by atoms with Gasteiger partial charge in [0.1, 0.15) is 0 Å². The van der Waals surface area contributed by atoms with Gasteiger partial charge in [0, 0.05) is 0 Å². The molecule has 0 bridgehead atoms. The van der Waals surface area contributed by atoms with Crippen molar-refractivity contribution in [2.45, 2.75) is 0 Å². The van der Waals surface area contributed by atoms with Gasteiger partial charge in [-0.3, -0.25) is 0 Å². The Morgan fingerprint density at radius 2 is 2.00 bits per heavy atom. The van der Waals surface area contributed by atoms with Crippen LogP contribution in [-0.2, 0) is 4.74 Å². The number of hydrogen-bond acceptors (Lipinski definition) is 1. The van der Waals surface area contributed by atoms with Gasteiger partial charge in [0.05, 0.1) is 0 Å². The molecule has 1 aromatic rings. The number of rotatable bonds is 3. The quantitative estimate of drug-likeness (QED) is 0.651. The standard InChI is InChI=1S/C8H10OSe/c1-9-7-10-8-5-3-2-4-6-8/h2-6H,7H2,1H3. The van der Waals surface area contributed by atoms with Crippen LogP contribution < -0.4 is 4.46 Å². The first-order valence-electron chi connectivity index (χ1n) is 3.10. The van der Waals surface area contributed by atoms with Gasteiger partial charge in [0.15, 0.2) is 0 Å². The molecule has 0 unspecified atom stereocenters. The van der Waals surface area contributed by atoms with Crippen molar-refractivity contribution < 1.29 is 4.74 Å². The Morgan fingerprint density at radius 1 is 1.30 bits per heavy atom. The molecule has 2 heteroatoms. The summed E-state index contributed by atoms with van der Waals surface area (Å²) in [5.74, 6) is 0. The van der Waals surface area contributed by atoms with Crippen LogP contribution in [0.4, 0.5) is 0 Å². The van der Waals surface area contributed by atoms with E-state index in [-0.39, 0.29) is 0 Å². The normalized spacial score (nSPS) is 9.70. The van der Waals surface area contributed by atoms with Crippen molar-refractivity contribution in [3.05, 3.63) is 30.3 Å². The third-order valence-corrected chi connectivity index (χ3v) is 3.10. The molecule has 10 heavy (non-hydrogen) atoms. The second-order valence-corrected chi connectivity index (χ2v) is 3.95. The summed E-state index contributed by atoms with van der Waals surface area (Å²) in [4.78, 5) is 0. The summed E-state index contributed by atoms with van der Waals surface area (Å²) in [6, 6.07) is 10.4. The Kier molecular flexibility index (Phi) is 3.52. The monoisotopic (exact) mass is 202 g/mol. The summed E-state index contributed by atoms with van der Waals surface area (Å²) < 4.78 is 6.37. The van der Waals surface area contributed by atoms with E-state index < -0.39 is 0 Å². The van der Waals surface area contributed by atoms with E-state index in [1.807, 2.05) is 6.07 Å². The van der Waals surface area contributed by atoms with Crippen molar-refractivity contribution in [3.63, 3.8) is 0 Å². The van der Waals surface area contributed by atoms with Crippen molar-refractivity contribution in [1.82, 2.24) is 0 Å². The van der Waals surface area contributed by atoms with Gasteiger partial charge in [-0.15, -0.1) is 0 Å². The second kappa shape index (κ2) is 4.50. The van der Waals surface area contributed by atoms with Gasteiger partial charge >= 0.3 is 67.1 Å². The molecule has 1 aromatic carbocycles. The Morgan fingerprint density at radius 3 is 2.60 bits per heavy atom. The molecule has 0 saturated heterocycles. The zero-order valence-electron chi connectivity index (χ0n) is 5.91. The van der Waals surface area contributed by atoms with Gasteiger partial charge < -0.3 is 0 Å². The van der Waals surface area contributed by atoms with Crippen LogP contribution in [0.5, 0.6) is 0 Å². The third kappa shape index (κ3) is 2.52. The fourth-order valence-electron chi connectivity index (χ4n) is 0.644. The SMILES string of the molecule is COC[Se]c1ccccc1. The molecule has 0 aliphatic heterocycles. The topological polar surface area (TPSA) is 9.23 Å². The van der Waals surface area contributed by atoms with E-state index in [1.54, 1.807) is 7.11 Å². The van der Waals surface area contributed by atoms with Crippen LogP contribution in [0.3, 0.4) is 0 Å². The summed E-state index contributed by atoms with van der Waals surface area (Å²) >= 11 is 0.496. The van der Waals surface area contributed by atoms with E-state index in [1.165, 1.54) is 4.46 Å². The van der Waals surface area contributed by atoms with E-state index >= 15 is 0 Å². The number of hydrogen-bond donors (Lipinski definition) is 0. The Balaban J connectivity index is 2.43. The minimum atomic E-state index is 0.496. The molecule has 0 fully saturated rings. The average molecular weight is 201 g/mol. The van der Waals surface area contributed by atoms with Crippen LogP contribution in [0.15, 0.2) is 30.3 Å². The van der Waals surface area contributed by atoms with Crippen molar-refractivity contribution in [2.24, 2.45) is 0 Å². The number of methoxy groups -OCH3 is 1. The van der Waals surface area contributed by atoms with Gasteiger partial charge in [-0.2, -0.15) is 0 Å². The molecule has 1 nitrogen and oxygen atoms in total. The molecule has 0 heterocycles. The van der Waals surface area contributed by atoms with Crippen LogP contribution in [-0.4, -0.2) is 27.6 Å². The molecule has 0 N–H and O–H groups in total. The summed E-state index contributed by atoms with van der Waals surface area (Å²) in [6.45, 7) is 0. The molecule has 0 amide bonds. The summed E-state index contributed by atoms with van der Waals surface area (Å²) in [5, 5.41) is 0. The van der Waals surface area contributed by atoms with E-state index in [4.69, 9.17) is 4.74 Å². The first-order valence-corrected chi connectivity index (χ1v) is 5.17. The molecular formula is C8H10OSe. The van der Waals surface area contributed by atoms with E-state index in [9.17, 15) is 0 Å². The van der Waals surface area contributed by atoms with Crippen molar-refractivity contribution in [3.8, 4) is 0 Å². The zero-order valence-corrected chi connectivity index (χ0v) is 7.62. The molecule has 0 aliphatic rings. The van der Waals surface area contributed by atoms with Crippen LogP contribution >= 0.6 is 0 Å². The molecule has 0 saturated carbocycles. The maximum absolute atomic E-state index is 4.97. The van der Waals surface area contributed by atoms with Gasteiger partial charge in [-0.05, 0) is 0 Å². The maximum atomic E-state index is 4.97. The fourth-order valence-corrected chi connectivity index (χ4v) is 1.91. The van der Waals surface area contributed by atoms with E-state index in [0.29, 0.717) is 15.0 Å². The first-order chi connectivity index (χ1) is 4.93. The van der Waals surface area contributed by atoms with Crippen molar-refractivity contribution >= 4 is 19.4 Å². The van der Waals surface area contributed by atoms with E-state index in [2.05, 4.69) is 24.3 Å². The molecule has 0 aromatic heterocycles. The van der Waals surface area contributed by atoms with Gasteiger partial charge in [0.2, 0.25) is 0 Å². The third-order valence-electron chi connectivity index (χ3n) is 1.09. The van der Waals surface area contributed by atoms with Gasteiger partial charge in [-0.25, -0.2) is 0 Å². The van der Waals surface area contributed by atoms with Crippen molar-refractivity contribution in [1.29, 1.82) is 0 Å². The Bertz CT molecular complexity index is 174. The Labute approximate surface area is 67.6 Å². The molecule has 1 rings (SSSR count). The van der Waals surface area contributed by atoms with Gasteiger partial charge in [0.25, 0.3) is 0 Å². The van der Waals surface area contributed by atoms with E-state index in [0.717, 1.165) is 5.51 Å². The number of ether oxygens (including phenoxy) is 1. The Hall–Kier alpha value is -0.301. The fraction of sp³-hybridized carbons (Fsp3) is 0.250. The molecule has 54 valence electrons. The molecule has 0 aliphatic carbocycles. The predicted octanol–water partition coefficient (Wildman–Crippen LogP) is 0.620. The molecule has 0 atom stereocenters. The molecule has 0 spiro atoms.